The standard InChI is InChI=1S/C14H19N3O2S2/c1-14(2,3)13-17-11(9-20-13)8-16-10-4-6-12(7-5-10)21(15,18)19/h4-7,9,16H,8H2,1-3H3,(H2,15,18,19). The first kappa shape index (κ1) is 15.9. The Balaban J connectivity index is 2.02. The zero-order valence-corrected chi connectivity index (χ0v) is 13.9. The fourth-order valence-electron chi connectivity index (χ4n) is 1.69. The number of nitrogens with one attached hydrogen (secondary N) is 1. The third kappa shape index (κ3) is 4.26. The van der Waals surface area contributed by atoms with Gasteiger partial charge in [-0.3, -0.25) is 0 Å². The maximum absolute atomic E-state index is 11.2. The fraction of sp³-hybridized carbons (Fsp3) is 0.357. The molecule has 2 aromatic rings. The van der Waals surface area contributed by atoms with Crippen LogP contribution in [0.3, 0.4) is 0 Å². The Hall–Kier alpha value is -1.44. The van der Waals surface area contributed by atoms with Crippen LogP contribution in [0.1, 0.15) is 31.5 Å². The van der Waals surface area contributed by atoms with Crippen LogP contribution >= 0.6 is 11.3 Å². The van der Waals surface area contributed by atoms with E-state index >= 15 is 0 Å². The van der Waals surface area contributed by atoms with Gasteiger partial charge in [-0.25, -0.2) is 18.5 Å². The van der Waals surface area contributed by atoms with Crippen molar-refractivity contribution < 1.29 is 8.42 Å². The fourth-order valence-corrected chi connectivity index (χ4v) is 3.11. The van der Waals surface area contributed by atoms with Gasteiger partial charge < -0.3 is 5.32 Å². The number of anilines is 1. The quantitative estimate of drug-likeness (QED) is 0.905. The van der Waals surface area contributed by atoms with Gasteiger partial charge in [0.25, 0.3) is 0 Å². The van der Waals surface area contributed by atoms with Crippen LogP contribution in [0.4, 0.5) is 5.69 Å². The van der Waals surface area contributed by atoms with E-state index in [9.17, 15) is 8.42 Å². The number of primary sulfonamides is 1. The summed E-state index contributed by atoms with van der Waals surface area (Å²) in [5.41, 5.74) is 1.85. The van der Waals surface area contributed by atoms with Gasteiger partial charge in [0.15, 0.2) is 0 Å². The largest absolute Gasteiger partial charge is 0.379 e. The highest BCUT2D eigenvalue weighted by Gasteiger charge is 2.17. The van der Waals surface area contributed by atoms with E-state index in [-0.39, 0.29) is 10.3 Å². The van der Waals surface area contributed by atoms with Crippen LogP contribution < -0.4 is 10.5 Å². The lowest BCUT2D eigenvalue weighted by molar-refractivity contribution is 0.583. The molecule has 1 aromatic heterocycles. The van der Waals surface area contributed by atoms with Crippen molar-refractivity contribution in [2.24, 2.45) is 5.14 Å². The number of benzene rings is 1. The number of thiazole rings is 1. The highest BCUT2D eigenvalue weighted by molar-refractivity contribution is 7.89. The Bertz CT molecular complexity index is 713. The second kappa shape index (κ2) is 5.75. The number of nitrogens with two attached hydrogens (primary N) is 1. The van der Waals surface area contributed by atoms with Gasteiger partial charge in [-0.15, -0.1) is 11.3 Å². The molecule has 0 amide bonds. The first-order valence-electron chi connectivity index (χ1n) is 6.48. The van der Waals surface area contributed by atoms with Crippen LogP contribution in [0, 0.1) is 0 Å². The lowest BCUT2D eigenvalue weighted by atomic mass is 9.98. The normalized spacial score (nSPS) is 12.4. The topological polar surface area (TPSA) is 85.1 Å². The highest BCUT2D eigenvalue weighted by Crippen LogP contribution is 2.25. The molecule has 0 spiro atoms. The number of rotatable bonds is 4. The summed E-state index contributed by atoms with van der Waals surface area (Å²) in [7, 11) is -3.64. The minimum Gasteiger partial charge on any atom is -0.379 e. The van der Waals surface area contributed by atoms with Gasteiger partial charge in [0.05, 0.1) is 22.1 Å². The van der Waals surface area contributed by atoms with Gasteiger partial charge in [0.2, 0.25) is 10.0 Å². The second-order valence-corrected chi connectivity index (χ2v) is 8.24. The van der Waals surface area contributed by atoms with Gasteiger partial charge in [0.1, 0.15) is 0 Å². The summed E-state index contributed by atoms with van der Waals surface area (Å²) < 4.78 is 22.3. The molecule has 0 unspecified atom stereocenters. The van der Waals surface area contributed by atoms with Crippen molar-refractivity contribution in [2.45, 2.75) is 37.6 Å². The first-order valence-corrected chi connectivity index (χ1v) is 8.90. The molecule has 0 saturated carbocycles. The van der Waals surface area contributed by atoms with E-state index in [1.165, 1.54) is 12.1 Å². The monoisotopic (exact) mass is 325 g/mol. The summed E-state index contributed by atoms with van der Waals surface area (Å²) in [4.78, 5) is 4.70. The Morgan fingerprint density at radius 3 is 2.33 bits per heavy atom. The molecule has 0 aliphatic rings. The predicted octanol–water partition coefficient (Wildman–Crippen LogP) is 2.70. The molecule has 5 nitrogen and oxygen atoms in total. The molecule has 7 heteroatoms. The van der Waals surface area contributed by atoms with E-state index in [1.807, 2.05) is 5.38 Å². The molecule has 0 radical (unpaired) electrons. The summed E-state index contributed by atoms with van der Waals surface area (Å²) in [5.74, 6) is 0. The average molecular weight is 325 g/mol. The molecular formula is C14H19N3O2S2. The van der Waals surface area contributed by atoms with Crippen LogP contribution in [0.25, 0.3) is 0 Å². The van der Waals surface area contributed by atoms with Gasteiger partial charge in [0, 0.05) is 16.5 Å². The van der Waals surface area contributed by atoms with Crippen molar-refractivity contribution in [3.05, 3.63) is 40.3 Å². The molecule has 2 rings (SSSR count). The molecular weight excluding hydrogens is 306 g/mol. The molecule has 21 heavy (non-hydrogen) atoms. The van der Waals surface area contributed by atoms with E-state index < -0.39 is 10.0 Å². The summed E-state index contributed by atoms with van der Waals surface area (Å²) in [6.45, 7) is 7.00. The van der Waals surface area contributed by atoms with Gasteiger partial charge >= 0.3 is 0 Å². The van der Waals surface area contributed by atoms with E-state index in [1.54, 1.807) is 23.5 Å². The van der Waals surface area contributed by atoms with Crippen molar-refractivity contribution in [1.82, 2.24) is 4.98 Å². The minimum absolute atomic E-state index is 0.0556. The number of aromatic nitrogens is 1. The van der Waals surface area contributed by atoms with E-state index in [0.29, 0.717) is 6.54 Å². The van der Waals surface area contributed by atoms with Crippen molar-refractivity contribution in [3.63, 3.8) is 0 Å². The van der Waals surface area contributed by atoms with Gasteiger partial charge in [-0.1, -0.05) is 20.8 Å². The molecule has 1 aromatic carbocycles. The van der Waals surface area contributed by atoms with Crippen molar-refractivity contribution in [2.75, 3.05) is 5.32 Å². The Kier molecular flexibility index (Phi) is 4.36. The maximum Gasteiger partial charge on any atom is 0.238 e. The number of sulfonamides is 1. The molecule has 0 bridgehead atoms. The van der Waals surface area contributed by atoms with Crippen LogP contribution in [-0.4, -0.2) is 13.4 Å². The third-order valence-corrected chi connectivity index (χ3v) is 5.10. The summed E-state index contributed by atoms with van der Waals surface area (Å²) >= 11 is 1.65. The van der Waals surface area contributed by atoms with Gasteiger partial charge in [-0.2, -0.15) is 0 Å². The average Bonchev–Trinajstić information content (AvgIpc) is 2.84. The summed E-state index contributed by atoms with van der Waals surface area (Å²) in [5, 5.41) is 11.4. The zero-order valence-electron chi connectivity index (χ0n) is 12.3. The summed E-state index contributed by atoms with van der Waals surface area (Å²) in [6, 6.07) is 6.35. The molecule has 0 fully saturated rings. The van der Waals surface area contributed by atoms with Crippen LogP contribution in [0.15, 0.2) is 34.5 Å². The van der Waals surface area contributed by atoms with E-state index in [0.717, 1.165) is 16.4 Å². The van der Waals surface area contributed by atoms with Crippen molar-refractivity contribution in [1.29, 1.82) is 0 Å². The third-order valence-electron chi connectivity index (χ3n) is 2.85. The lowest BCUT2D eigenvalue weighted by Crippen LogP contribution is -2.12. The van der Waals surface area contributed by atoms with Crippen molar-refractivity contribution in [3.8, 4) is 0 Å². The smallest absolute Gasteiger partial charge is 0.238 e. The van der Waals surface area contributed by atoms with Crippen molar-refractivity contribution >= 4 is 27.0 Å². The van der Waals surface area contributed by atoms with Crippen LogP contribution in [0.5, 0.6) is 0 Å². The lowest BCUT2D eigenvalue weighted by Gasteiger charge is -2.13. The molecule has 0 saturated heterocycles. The summed E-state index contributed by atoms with van der Waals surface area (Å²) in [6.07, 6.45) is 0. The molecule has 0 aliphatic heterocycles. The van der Waals surface area contributed by atoms with E-state index in [2.05, 4.69) is 31.1 Å². The molecule has 3 N–H and O–H groups in total. The highest BCUT2D eigenvalue weighted by atomic mass is 32.2. The predicted molar refractivity (Wildman–Crippen MR) is 86.0 cm³/mol. The Morgan fingerprint density at radius 2 is 1.86 bits per heavy atom. The number of hydrogen-bond acceptors (Lipinski definition) is 5. The number of hydrogen-bond donors (Lipinski definition) is 2. The van der Waals surface area contributed by atoms with E-state index in [4.69, 9.17) is 5.14 Å². The second-order valence-electron chi connectivity index (χ2n) is 5.82. The number of nitrogens with zero attached hydrogens (tertiary/aromatic N) is 1. The Labute approximate surface area is 129 Å². The SMILES string of the molecule is CC(C)(C)c1nc(CNc2ccc(S(N)(=O)=O)cc2)cs1. The zero-order chi connectivity index (χ0) is 15.7. The maximum atomic E-state index is 11.2. The minimum atomic E-state index is -3.64. The molecule has 0 aliphatic carbocycles. The Morgan fingerprint density at radius 1 is 1.24 bits per heavy atom. The van der Waals surface area contributed by atoms with Gasteiger partial charge in [-0.05, 0) is 24.3 Å². The molecule has 0 atom stereocenters. The molecule has 114 valence electrons. The molecule has 1 heterocycles. The van der Waals surface area contributed by atoms with Crippen LogP contribution in [-0.2, 0) is 22.0 Å². The van der Waals surface area contributed by atoms with Crippen LogP contribution in [0.2, 0.25) is 0 Å². The first-order chi connectivity index (χ1) is 9.66.